The fourth-order valence-corrected chi connectivity index (χ4v) is 5.76. The molecular weight excluding hydrogens is 562 g/mol. The maximum absolute atomic E-state index is 13.6. The molecule has 1 N–H and O–H groups in total. The van der Waals surface area contributed by atoms with E-state index in [2.05, 4.69) is 4.98 Å². The van der Waals surface area contributed by atoms with Gasteiger partial charge >= 0.3 is 6.18 Å². The summed E-state index contributed by atoms with van der Waals surface area (Å²) < 4.78 is 85.4. The molecule has 0 aliphatic carbocycles. The Labute approximate surface area is 235 Å². The molecule has 218 valence electrons. The van der Waals surface area contributed by atoms with Gasteiger partial charge in [-0.15, -0.1) is 0 Å². The van der Waals surface area contributed by atoms with Gasteiger partial charge in [0.15, 0.2) is 0 Å². The van der Waals surface area contributed by atoms with Gasteiger partial charge < -0.3 is 14.6 Å². The van der Waals surface area contributed by atoms with E-state index < -0.39 is 40.0 Å². The number of nitrogens with one attached hydrogen (secondary N) is 1. The summed E-state index contributed by atoms with van der Waals surface area (Å²) in [5.74, 6) is -1.16. The molecule has 4 rings (SSSR count). The molecule has 0 saturated heterocycles. The summed E-state index contributed by atoms with van der Waals surface area (Å²) in [6.45, 7) is -0.539. The number of aromatic nitrogens is 1. The third-order valence-corrected chi connectivity index (χ3v) is 8.50. The van der Waals surface area contributed by atoms with Crippen LogP contribution in [0.25, 0.3) is 10.9 Å². The average Bonchev–Trinajstić information content (AvgIpc) is 3.36. The van der Waals surface area contributed by atoms with Crippen molar-refractivity contribution < 1.29 is 35.5 Å². The van der Waals surface area contributed by atoms with Crippen LogP contribution in [0.15, 0.2) is 83.9 Å². The number of ether oxygens (including phenoxy) is 1. The van der Waals surface area contributed by atoms with Gasteiger partial charge in [-0.05, 0) is 60.0 Å². The monoisotopic (exact) mass is 591 g/mol. The molecule has 0 saturated carbocycles. The molecule has 0 aliphatic heterocycles. The number of methoxy groups -OCH3 is 1. The SMILES string of the molecule is COCCN(CC(=O)N(CCc1c[nH]c2ccccc12)Cc1ccc(C(F)(F)F)cc1)S(=O)(=O)c1ccc(F)cc1. The zero-order valence-corrected chi connectivity index (χ0v) is 23.0. The first-order valence-corrected chi connectivity index (χ1v) is 14.2. The molecule has 0 radical (unpaired) electrons. The lowest BCUT2D eigenvalue weighted by molar-refractivity contribution is -0.137. The van der Waals surface area contributed by atoms with Crippen molar-refractivity contribution in [1.82, 2.24) is 14.2 Å². The number of hydrogen-bond acceptors (Lipinski definition) is 4. The minimum Gasteiger partial charge on any atom is -0.383 e. The predicted molar refractivity (Wildman–Crippen MR) is 146 cm³/mol. The predicted octanol–water partition coefficient (Wildman–Crippen LogP) is 5.23. The number of fused-ring (bicyclic) bond motifs is 1. The maximum atomic E-state index is 13.6. The summed E-state index contributed by atoms with van der Waals surface area (Å²) in [6.07, 6.45) is -2.26. The molecule has 4 aromatic rings. The lowest BCUT2D eigenvalue weighted by Crippen LogP contribution is -2.44. The largest absolute Gasteiger partial charge is 0.416 e. The van der Waals surface area contributed by atoms with Crippen LogP contribution in [0.2, 0.25) is 0 Å². The Morgan fingerprint density at radius 3 is 2.29 bits per heavy atom. The number of halogens is 4. The molecule has 0 fully saturated rings. The number of amides is 1. The van der Waals surface area contributed by atoms with Crippen LogP contribution >= 0.6 is 0 Å². The van der Waals surface area contributed by atoms with Gasteiger partial charge in [-0.25, -0.2) is 12.8 Å². The third-order valence-electron chi connectivity index (χ3n) is 6.64. The number of rotatable bonds is 12. The van der Waals surface area contributed by atoms with E-state index in [1.807, 2.05) is 30.5 Å². The quantitative estimate of drug-likeness (QED) is 0.229. The van der Waals surface area contributed by atoms with Gasteiger partial charge in [0, 0.05) is 43.8 Å². The minimum absolute atomic E-state index is 0.00193. The Hall–Kier alpha value is -3.74. The van der Waals surface area contributed by atoms with Gasteiger partial charge in [0.05, 0.1) is 23.6 Å². The molecule has 0 spiro atoms. The molecule has 0 unspecified atom stereocenters. The minimum atomic E-state index is -4.50. The number of para-hydroxylation sites is 1. The second-order valence-corrected chi connectivity index (χ2v) is 11.3. The summed E-state index contributed by atoms with van der Waals surface area (Å²) in [7, 11) is -2.80. The van der Waals surface area contributed by atoms with Gasteiger partial charge in [0.25, 0.3) is 0 Å². The molecule has 1 heterocycles. The summed E-state index contributed by atoms with van der Waals surface area (Å²) in [4.78, 5) is 18.0. The number of carbonyl (C=O) groups is 1. The second kappa shape index (κ2) is 12.8. The highest BCUT2D eigenvalue weighted by molar-refractivity contribution is 7.89. The summed E-state index contributed by atoms with van der Waals surface area (Å²) in [5, 5.41) is 0.968. The van der Waals surface area contributed by atoms with Gasteiger partial charge in [0.1, 0.15) is 5.82 Å². The van der Waals surface area contributed by atoms with Crippen LogP contribution in [0.3, 0.4) is 0 Å². The van der Waals surface area contributed by atoms with Crippen molar-refractivity contribution in [2.24, 2.45) is 0 Å². The van der Waals surface area contributed by atoms with Gasteiger partial charge in [-0.2, -0.15) is 17.5 Å². The van der Waals surface area contributed by atoms with E-state index in [0.717, 1.165) is 57.2 Å². The highest BCUT2D eigenvalue weighted by atomic mass is 32.2. The average molecular weight is 592 g/mol. The lowest BCUT2D eigenvalue weighted by Gasteiger charge is -2.27. The molecule has 41 heavy (non-hydrogen) atoms. The molecule has 1 aromatic heterocycles. The Bertz CT molecular complexity index is 1570. The van der Waals surface area contributed by atoms with Crippen molar-refractivity contribution in [2.75, 3.05) is 33.4 Å². The fourth-order valence-electron chi connectivity index (χ4n) is 4.39. The summed E-state index contributed by atoms with van der Waals surface area (Å²) in [6, 6.07) is 16.4. The van der Waals surface area contributed by atoms with Crippen LogP contribution in [-0.2, 0) is 38.7 Å². The molecule has 0 bridgehead atoms. The Morgan fingerprint density at radius 2 is 1.63 bits per heavy atom. The second-order valence-electron chi connectivity index (χ2n) is 9.40. The molecule has 12 heteroatoms. The van der Waals surface area contributed by atoms with Crippen molar-refractivity contribution in [3.8, 4) is 0 Å². The lowest BCUT2D eigenvalue weighted by atomic mass is 10.1. The van der Waals surface area contributed by atoms with Crippen LogP contribution in [0, 0.1) is 5.82 Å². The number of H-pyrrole nitrogens is 1. The van der Waals surface area contributed by atoms with Crippen LogP contribution in [0.5, 0.6) is 0 Å². The number of nitrogens with zero attached hydrogens (tertiary/aromatic N) is 2. The van der Waals surface area contributed by atoms with Crippen molar-refractivity contribution in [1.29, 1.82) is 0 Å². The van der Waals surface area contributed by atoms with Crippen LogP contribution in [0.1, 0.15) is 16.7 Å². The van der Waals surface area contributed by atoms with E-state index in [1.165, 1.54) is 24.1 Å². The van der Waals surface area contributed by atoms with Gasteiger partial charge in [-0.1, -0.05) is 30.3 Å². The Morgan fingerprint density at radius 1 is 0.951 bits per heavy atom. The normalized spacial score (nSPS) is 12.2. The van der Waals surface area contributed by atoms with Crippen molar-refractivity contribution in [3.63, 3.8) is 0 Å². The number of aromatic amines is 1. The van der Waals surface area contributed by atoms with Crippen LogP contribution in [0.4, 0.5) is 17.6 Å². The molecule has 3 aromatic carbocycles. The zero-order valence-electron chi connectivity index (χ0n) is 22.2. The highest BCUT2D eigenvalue weighted by Gasteiger charge is 2.31. The molecule has 0 aliphatic rings. The van der Waals surface area contributed by atoms with Crippen LogP contribution in [-0.4, -0.2) is 61.9 Å². The maximum Gasteiger partial charge on any atom is 0.416 e. The first kappa shape index (κ1) is 30.2. The van der Waals surface area contributed by atoms with E-state index in [9.17, 15) is 30.8 Å². The number of alkyl halides is 3. The smallest absolute Gasteiger partial charge is 0.383 e. The molecule has 1 amide bonds. The standard InChI is InChI=1S/C29H29F4N3O4S/c1-40-17-16-36(41(38,39)25-12-10-24(30)11-13-25)20-28(37)35(19-21-6-8-23(9-7-21)29(31,32)33)15-14-22-18-34-27-5-3-2-4-26(22)27/h2-13,18,34H,14-17,19-20H2,1H3. The highest BCUT2D eigenvalue weighted by Crippen LogP contribution is 2.29. The fraction of sp³-hybridized carbons (Fsp3) is 0.276. The topological polar surface area (TPSA) is 82.7 Å². The Balaban J connectivity index is 1.59. The van der Waals surface area contributed by atoms with E-state index in [-0.39, 0.29) is 31.1 Å². The van der Waals surface area contributed by atoms with Gasteiger partial charge in [0.2, 0.25) is 15.9 Å². The molecular formula is C29H29F4N3O4S. The first-order valence-electron chi connectivity index (χ1n) is 12.7. The van der Waals surface area contributed by atoms with Crippen LogP contribution < -0.4 is 0 Å². The van der Waals surface area contributed by atoms with E-state index in [4.69, 9.17) is 4.74 Å². The van der Waals surface area contributed by atoms with Crippen molar-refractivity contribution >= 4 is 26.8 Å². The van der Waals surface area contributed by atoms with Crippen molar-refractivity contribution in [2.45, 2.75) is 24.0 Å². The third kappa shape index (κ3) is 7.51. The number of carbonyl (C=O) groups excluding carboxylic acids is 1. The van der Waals surface area contributed by atoms with E-state index in [0.29, 0.717) is 12.0 Å². The van der Waals surface area contributed by atoms with E-state index >= 15 is 0 Å². The number of hydrogen-bond donors (Lipinski definition) is 1. The van der Waals surface area contributed by atoms with E-state index in [1.54, 1.807) is 0 Å². The first-order chi connectivity index (χ1) is 19.5. The van der Waals surface area contributed by atoms with Crippen molar-refractivity contribution in [3.05, 3.63) is 102 Å². The zero-order chi connectivity index (χ0) is 29.6. The molecule has 7 nitrogen and oxygen atoms in total. The molecule has 0 atom stereocenters. The number of sulfonamides is 1. The Kier molecular flexibility index (Phi) is 9.46. The van der Waals surface area contributed by atoms with Gasteiger partial charge in [-0.3, -0.25) is 4.79 Å². The number of benzene rings is 3. The summed E-state index contributed by atoms with van der Waals surface area (Å²) >= 11 is 0. The summed E-state index contributed by atoms with van der Waals surface area (Å²) in [5.41, 5.74) is 1.49.